The Labute approximate surface area is 169 Å². The van der Waals surface area contributed by atoms with Gasteiger partial charge in [-0.05, 0) is 22.3 Å². The van der Waals surface area contributed by atoms with Crippen LogP contribution in [0.2, 0.25) is 5.04 Å². The van der Waals surface area contributed by atoms with Crippen LogP contribution in [-0.4, -0.2) is 27.5 Å². The van der Waals surface area contributed by atoms with Gasteiger partial charge >= 0.3 is 5.97 Å². The molecule has 148 valence electrons. The number of carbonyl (C=O) groups is 1. The highest BCUT2D eigenvalue weighted by Crippen LogP contribution is 2.37. The monoisotopic (exact) mass is 394 g/mol. The first-order valence-corrected chi connectivity index (χ1v) is 11.5. The second kappa shape index (κ2) is 9.70. The van der Waals surface area contributed by atoms with Crippen molar-refractivity contribution in [2.24, 2.45) is 0 Å². The Morgan fingerprint density at radius 3 is 1.89 bits per heavy atom. The normalized spacial score (nSPS) is 11.6. The third-order valence-electron chi connectivity index (χ3n) is 4.79. The molecule has 0 N–H and O–H groups in total. The lowest BCUT2D eigenvalue weighted by Crippen LogP contribution is -2.66. The maximum absolute atomic E-state index is 11.9. The summed E-state index contributed by atoms with van der Waals surface area (Å²) in [6.45, 7) is 12.9. The van der Waals surface area contributed by atoms with Gasteiger partial charge in [0.25, 0.3) is 8.32 Å². The SMILES string of the molecule is C=C=C(CO[Si](c1ccccc1)(c1ccccc1)C(C)(C)C)CC(=O)OCC. The Hall–Kier alpha value is -2.39. The van der Waals surface area contributed by atoms with Gasteiger partial charge in [-0.1, -0.05) is 88.0 Å². The fourth-order valence-electron chi connectivity index (χ4n) is 3.51. The Bertz CT molecular complexity index is 776. The molecule has 0 aliphatic heterocycles. The molecule has 0 unspecified atom stereocenters. The predicted octanol–water partition coefficient (Wildman–Crippen LogP) is 4.23. The summed E-state index contributed by atoms with van der Waals surface area (Å²) in [5.41, 5.74) is 3.60. The summed E-state index contributed by atoms with van der Waals surface area (Å²) in [7, 11) is -2.64. The standard InChI is InChI=1S/C24H30O3Si/c1-6-20(18-23(25)26-7-2)19-27-28(24(3,4)5,21-14-10-8-11-15-21)22-16-12-9-13-17-22/h8-17H,1,7,18-19H2,2-5H3. The van der Waals surface area contributed by atoms with Crippen molar-refractivity contribution in [2.45, 2.75) is 39.2 Å². The lowest BCUT2D eigenvalue weighted by Gasteiger charge is -2.43. The fourth-order valence-corrected chi connectivity index (χ4v) is 8.05. The third-order valence-corrected chi connectivity index (χ3v) is 9.78. The summed E-state index contributed by atoms with van der Waals surface area (Å²) in [5.74, 6) is -0.278. The summed E-state index contributed by atoms with van der Waals surface area (Å²) in [6, 6.07) is 20.8. The van der Waals surface area contributed by atoms with E-state index >= 15 is 0 Å². The van der Waals surface area contributed by atoms with Gasteiger partial charge in [0.1, 0.15) is 0 Å². The van der Waals surface area contributed by atoms with Crippen LogP contribution in [0.15, 0.2) is 78.5 Å². The molecule has 0 aliphatic rings. The molecule has 0 radical (unpaired) electrons. The van der Waals surface area contributed by atoms with Gasteiger partial charge in [-0.15, -0.1) is 5.73 Å². The highest BCUT2D eigenvalue weighted by Gasteiger charge is 2.50. The Kier molecular flexibility index (Phi) is 7.58. The number of rotatable bonds is 8. The lowest BCUT2D eigenvalue weighted by molar-refractivity contribution is -0.142. The van der Waals surface area contributed by atoms with Crippen LogP contribution in [0.1, 0.15) is 34.1 Å². The van der Waals surface area contributed by atoms with E-state index in [1.807, 2.05) is 12.1 Å². The van der Waals surface area contributed by atoms with E-state index in [2.05, 4.69) is 81.6 Å². The maximum Gasteiger partial charge on any atom is 0.310 e. The second-order valence-electron chi connectivity index (χ2n) is 7.71. The lowest BCUT2D eigenvalue weighted by atomic mass is 10.2. The molecule has 2 aromatic carbocycles. The molecule has 0 aliphatic carbocycles. The molecule has 28 heavy (non-hydrogen) atoms. The Balaban J connectivity index is 2.47. The van der Waals surface area contributed by atoms with Crippen LogP contribution in [0, 0.1) is 0 Å². The Morgan fingerprint density at radius 1 is 1.00 bits per heavy atom. The molecular weight excluding hydrogens is 364 g/mol. The highest BCUT2D eigenvalue weighted by atomic mass is 28.4. The molecule has 0 heterocycles. The average Bonchev–Trinajstić information content (AvgIpc) is 2.68. The third kappa shape index (κ3) is 4.90. The van der Waals surface area contributed by atoms with E-state index in [1.54, 1.807) is 6.92 Å². The number of carbonyl (C=O) groups excluding carboxylic acids is 1. The summed E-state index contributed by atoms with van der Waals surface area (Å²) in [5, 5.41) is 2.29. The summed E-state index contributed by atoms with van der Waals surface area (Å²) in [4.78, 5) is 11.9. The summed E-state index contributed by atoms with van der Waals surface area (Å²) >= 11 is 0. The molecule has 0 atom stereocenters. The van der Waals surface area contributed by atoms with E-state index in [9.17, 15) is 4.79 Å². The average molecular weight is 395 g/mol. The van der Waals surface area contributed by atoms with Crippen molar-refractivity contribution in [3.05, 3.63) is 78.5 Å². The van der Waals surface area contributed by atoms with E-state index in [0.717, 1.165) is 0 Å². The van der Waals surface area contributed by atoms with Crippen molar-refractivity contribution < 1.29 is 14.0 Å². The zero-order chi connectivity index (χ0) is 20.6. The van der Waals surface area contributed by atoms with Gasteiger partial charge in [0.15, 0.2) is 0 Å². The molecule has 4 heteroatoms. The molecule has 2 rings (SSSR count). The minimum atomic E-state index is -2.64. The number of esters is 1. The molecule has 3 nitrogen and oxygen atoms in total. The molecule has 0 amide bonds. The largest absolute Gasteiger partial charge is 0.466 e. The first kappa shape index (κ1) is 21.9. The van der Waals surface area contributed by atoms with Crippen molar-refractivity contribution in [3.8, 4) is 0 Å². The van der Waals surface area contributed by atoms with E-state index in [0.29, 0.717) is 18.8 Å². The molecule has 0 saturated heterocycles. The van der Waals surface area contributed by atoms with Crippen LogP contribution in [0.25, 0.3) is 0 Å². The quantitative estimate of drug-likeness (QED) is 0.382. The van der Waals surface area contributed by atoms with Gasteiger partial charge in [0, 0.05) is 5.57 Å². The number of benzene rings is 2. The van der Waals surface area contributed by atoms with Crippen LogP contribution in [0.4, 0.5) is 0 Å². The molecule has 0 bridgehead atoms. The second-order valence-corrected chi connectivity index (χ2v) is 12.0. The molecule has 2 aromatic rings. The van der Waals surface area contributed by atoms with Crippen molar-refractivity contribution in [1.29, 1.82) is 0 Å². The van der Waals surface area contributed by atoms with Crippen LogP contribution in [0.3, 0.4) is 0 Å². The van der Waals surface area contributed by atoms with E-state index < -0.39 is 8.32 Å². The minimum Gasteiger partial charge on any atom is -0.466 e. The molecule has 0 saturated carbocycles. The minimum absolute atomic E-state index is 0.119. The van der Waals surface area contributed by atoms with Crippen LogP contribution in [-0.2, 0) is 14.0 Å². The molecule has 0 spiro atoms. The van der Waals surface area contributed by atoms with E-state index in [-0.39, 0.29) is 17.4 Å². The van der Waals surface area contributed by atoms with E-state index in [1.165, 1.54) is 10.4 Å². The van der Waals surface area contributed by atoms with Gasteiger partial charge in [0.05, 0.1) is 19.6 Å². The first-order chi connectivity index (χ1) is 13.3. The molecular formula is C24H30O3Si. The molecule has 0 aromatic heterocycles. The predicted molar refractivity (Wildman–Crippen MR) is 117 cm³/mol. The van der Waals surface area contributed by atoms with Gasteiger partial charge in [-0.25, -0.2) is 0 Å². The number of hydrogen-bond donors (Lipinski definition) is 0. The van der Waals surface area contributed by atoms with E-state index in [4.69, 9.17) is 9.16 Å². The summed E-state index contributed by atoms with van der Waals surface area (Å²) in [6.07, 6.45) is 0.148. The van der Waals surface area contributed by atoms with Crippen LogP contribution >= 0.6 is 0 Å². The number of hydrogen-bond acceptors (Lipinski definition) is 3. The van der Waals surface area contributed by atoms with Gasteiger partial charge < -0.3 is 9.16 Å². The van der Waals surface area contributed by atoms with Crippen molar-refractivity contribution in [2.75, 3.05) is 13.2 Å². The van der Waals surface area contributed by atoms with Crippen LogP contribution < -0.4 is 10.4 Å². The topological polar surface area (TPSA) is 35.5 Å². The highest BCUT2D eigenvalue weighted by molar-refractivity contribution is 6.99. The molecule has 0 fully saturated rings. The first-order valence-electron chi connectivity index (χ1n) is 9.63. The number of ether oxygens (including phenoxy) is 1. The van der Waals surface area contributed by atoms with Gasteiger partial charge in [-0.2, -0.15) is 0 Å². The maximum atomic E-state index is 11.9. The van der Waals surface area contributed by atoms with Gasteiger partial charge in [-0.3, -0.25) is 4.79 Å². The zero-order valence-electron chi connectivity index (χ0n) is 17.3. The van der Waals surface area contributed by atoms with Gasteiger partial charge in [0.2, 0.25) is 0 Å². The smallest absolute Gasteiger partial charge is 0.310 e. The van der Waals surface area contributed by atoms with Crippen molar-refractivity contribution >= 4 is 24.7 Å². The van der Waals surface area contributed by atoms with Crippen molar-refractivity contribution in [1.82, 2.24) is 0 Å². The summed E-state index contributed by atoms with van der Waals surface area (Å²) < 4.78 is 11.9. The zero-order valence-corrected chi connectivity index (χ0v) is 18.3. The Morgan fingerprint density at radius 2 is 1.50 bits per heavy atom. The van der Waals surface area contributed by atoms with Crippen molar-refractivity contribution in [3.63, 3.8) is 0 Å². The van der Waals surface area contributed by atoms with Crippen LogP contribution in [0.5, 0.6) is 0 Å². The fraction of sp³-hybridized carbons (Fsp3) is 0.333.